The van der Waals surface area contributed by atoms with Crippen molar-refractivity contribution in [1.82, 2.24) is 10.2 Å². The molecule has 1 aliphatic carbocycles. The van der Waals surface area contributed by atoms with Gasteiger partial charge in [-0.3, -0.25) is 13.9 Å². The molecule has 1 saturated carbocycles. The van der Waals surface area contributed by atoms with Gasteiger partial charge in [-0.25, -0.2) is 8.42 Å². The van der Waals surface area contributed by atoms with Crippen LogP contribution in [0.2, 0.25) is 15.1 Å². The van der Waals surface area contributed by atoms with Gasteiger partial charge in [0.1, 0.15) is 12.6 Å². The van der Waals surface area contributed by atoms with Crippen molar-refractivity contribution in [3.63, 3.8) is 0 Å². The third-order valence-corrected chi connectivity index (χ3v) is 10.6. The van der Waals surface area contributed by atoms with E-state index in [-0.39, 0.29) is 39.1 Å². The molecular weight excluding hydrogens is 629 g/mol. The Morgan fingerprint density at radius 1 is 0.907 bits per heavy atom. The maximum absolute atomic E-state index is 14.3. The van der Waals surface area contributed by atoms with E-state index < -0.39 is 28.5 Å². The summed E-state index contributed by atoms with van der Waals surface area (Å²) in [6.45, 7) is 3.13. The maximum atomic E-state index is 14.3. The third-order valence-electron chi connectivity index (χ3n) is 7.72. The molecule has 0 bridgehead atoms. The molecule has 0 unspecified atom stereocenters. The van der Waals surface area contributed by atoms with Crippen molar-refractivity contribution in [2.45, 2.75) is 75.9 Å². The van der Waals surface area contributed by atoms with Gasteiger partial charge in [0.2, 0.25) is 11.8 Å². The van der Waals surface area contributed by atoms with Crippen LogP contribution in [0.3, 0.4) is 0 Å². The lowest BCUT2D eigenvalue weighted by Gasteiger charge is -2.34. The van der Waals surface area contributed by atoms with Crippen LogP contribution in [0.1, 0.15) is 56.6 Å². The van der Waals surface area contributed by atoms with Gasteiger partial charge in [-0.2, -0.15) is 0 Å². The zero-order valence-electron chi connectivity index (χ0n) is 24.2. The first-order valence-corrected chi connectivity index (χ1v) is 17.0. The van der Waals surface area contributed by atoms with Crippen LogP contribution in [0.4, 0.5) is 5.69 Å². The molecule has 0 saturated heterocycles. The number of carbonyl (C=O) groups is 2. The number of carbonyl (C=O) groups excluding carboxylic acids is 2. The Morgan fingerprint density at radius 2 is 1.58 bits per heavy atom. The van der Waals surface area contributed by atoms with E-state index in [1.54, 1.807) is 36.4 Å². The second kappa shape index (κ2) is 14.8. The van der Waals surface area contributed by atoms with Gasteiger partial charge in [-0.15, -0.1) is 0 Å². The molecular formula is C32H36Cl3N3O4S. The van der Waals surface area contributed by atoms with Crippen molar-refractivity contribution in [1.29, 1.82) is 0 Å². The van der Waals surface area contributed by atoms with Crippen molar-refractivity contribution in [2.75, 3.05) is 10.8 Å². The zero-order valence-corrected chi connectivity index (χ0v) is 27.3. The third kappa shape index (κ3) is 8.24. The molecule has 0 radical (unpaired) electrons. The average molecular weight is 665 g/mol. The van der Waals surface area contributed by atoms with E-state index in [1.807, 2.05) is 13.8 Å². The fraction of sp³-hybridized carbons (Fsp3) is 0.375. The Bertz CT molecular complexity index is 1540. The van der Waals surface area contributed by atoms with Crippen LogP contribution in [0.5, 0.6) is 0 Å². The van der Waals surface area contributed by atoms with Gasteiger partial charge in [0.15, 0.2) is 0 Å². The van der Waals surface area contributed by atoms with E-state index in [0.717, 1.165) is 42.0 Å². The summed E-state index contributed by atoms with van der Waals surface area (Å²) in [4.78, 5) is 29.3. The van der Waals surface area contributed by atoms with Crippen LogP contribution in [-0.2, 0) is 26.2 Å². The number of anilines is 1. The fourth-order valence-electron chi connectivity index (χ4n) is 5.28. The molecule has 2 amide bonds. The lowest BCUT2D eigenvalue weighted by molar-refractivity contribution is -0.140. The fourth-order valence-corrected chi connectivity index (χ4v) is 7.17. The highest BCUT2D eigenvalue weighted by molar-refractivity contribution is 7.92. The van der Waals surface area contributed by atoms with Crippen LogP contribution < -0.4 is 9.62 Å². The second-order valence-electron chi connectivity index (χ2n) is 10.8. The molecule has 0 aromatic heterocycles. The first-order valence-electron chi connectivity index (χ1n) is 14.4. The van der Waals surface area contributed by atoms with Crippen LogP contribution in [-0.4, -0.2) is 43.8 Å². The molecule has 3 aromatic rings. The lowest BCUT2D eigenvalue weighted by atomic mass is 9.95. The SMILES string of the molecule is CC[C@H](C(=O)NC1CCCCC1)N(Cc1ccccc1Cl)C(=O)CN(c1ccc(Cl)c(Cl)c1)S(=O)(=O)c1ccc(C)cc1. The van der Waals surface area contributed by atoms with E-state index in [0.29, 0.717) is 17.0 Å². The number of nitrogens with zero attached hydrogens (tertiary/aromatic N) is 2. The summed E-state index contributed by atoms with van der Waals surface area (Å²) in [5.74, 6) is -0.829. The lowest BCUT2D eigenvalue weighted by Crippen LogP contribution is -2.54. The van der Waals surface area contributed by atoms with E-state index in [2.05, 4.69) is 5.32 Å². The molecule has 1 N–H and O–H groups in total. The minimum Gasteiger partial charge on any atom is -0.352 e. The smallest absolute Gasteiger partial charge is 0.264 e. The highest BCUT2D eigenvalue weighted by Crippen LogP contribution is 2.31. The Morgan fingerprint density at radius 3 is 2.21 bits per heavy atom. The molecule has 0 aliphatic heterocycles. The highest BCUT2D eigenvalue weighted by Gasteiger charge is 2.35. The average Bonchev–Trinajstić information content (AvgIpc) is 2.98. The van der Waals surface area contributed by atoms with Gasteiger partial charge in [0.25, 0.3) is 10.0 Å². The number of aryl methyl sites for hydroxylation is 1. The normalized spacial score (nSPS) is 14.6. The number of hydrogen-bond acceptors (Lipinski definition) is 4. The van der Waals surface area contributed by atoms with Crippen molar-refractivity contribution >= 4 is 62.3 Å². The Hall–Kier alpha value is -2.78. The molecule has 1 aliphatic rings. The van der Waals surface area contributed by atoms with E-state index in [1.165, 1.54) is 35.2 Å². The number of amides is 2. The van der Waals surface area contributed by atoms with Crippen LogP contribution >= 0.6 is 34.8 Å². The first-order chi connectivity index (χ1) is 20.5. The number of halogens is 3. The molecule has 230 valence electrons. The van der Waals surface area contributed by atoms with Crippen molar-refractivity contribution < 1.29 is 18.0 Å². The van der Waals surface area contributed by atoms with Gasteiger partial charge < -0.3 is 10.2 Å². The molecule has 0 heterocycles. The molecule has 11 heteroatoms. The van der Waals surface area contributed by atoms with Crippen molar-refractivity contribution in [2.24, 2.45) is 0 Å². The summed E-state index contributed by atoms with van der Waals surface area (Å²) in [5.41, 5.74) is 1.70. The molecule has 1 fully saturated rings. The van der Waals surface area contributed by atoms with Crippen LogP contribution in [0.25, 0.3) is 0 Å². The molecule has 1 atom stereocenters. The summed E-state index contributed by atoms with van der Waals surface area (Å²) in [5, 5.41) is 3.96. The minimum absolute atomic E-state index is 0.0108. The summed E-state index contributed by atoms with van der Waals surface area (Å²) in [7, 11) is -4.23. The van der Waals surface area contributed by atoms with Crippen molar-refractivity contribution in [3.8, 4) is 0 Å². The van der Waals surface area contributed by atoms with E-state index in [9.17, 15) is 18.0 Å². The van der Waals surface area contributed by atoms with Crippen LogP contribution in [0, 0.1) is 6.92 Å². The molecule has 7 nitrogen and oxygen atoms in total. The number of hydrogen-bond donors (Lipinski definition) is 1. The Balaban J connectivity index is 1.73. The highest BCUT2D eigenvalue weighted by atomic mass is 35.5. The summed E-state index contributed by atoms with van der Waals surface area (Å²) >= 11 is 18.9. The van der Waals surface area contributed by atoms with Crippen molar-refractivity contribution in [3.05, 3.63) is 92.9 Å². The molecule has 3 aromatic carbocycles. The zero-order chi connectivity index (χ0) is 31.1. The number of benzene rings is 3. The molecule has 43 heavy (non-hydrogen) atoms. The molecule has 4 rings (SSSR count). The number of sulfonamides is 1. The van der Waals surface area contributed by atoms with Crippen LogP contribution in [0.15, 0.2) is 71.6 Å². The van der Waals surface area contributed by atoms with Gasteiger partial charge in [0.05, 0.1) is 20.6 Å². The largest absolute Gasteiger partial charge is 0.352 e. The van der Waals surface area contributed by atoms with Gasteiger partial charge >= 0.3 is 0 Å². The first kappa shape index (κ1) is 33.1. The Labute approximate surface area is 269 Å². The van der Waals surface area contributed by atoms with E-state index in [4.69, 9.17) is 34.8 Å². The topological polar surface area (TPSA) is 86.8 Å². The summed E-state index contributed by atoms with van der Waals surface area (Å²) < 4.78 is 29.1. The molecule has 0 spiro atoms. The predicted molar refractivity (Wildman–Crippen MR) is 173 cm³/mol. The quantitative estimate of drug-likeness (QED) is 0.231. The van der Waals surface area contributed by atoms with E-state index >= 15 is 0 Å². The van der Waals surface area contributed by atoms with Gasteiger partial charge in [0, 0.05) is 17.6 Å². The number of rotatable bonds is 11. The Kier molecular flexibility index (Phi) is 11.4. The minimum atomic E-state index is -4.23. The number of nitrogens with one attached hydrogen (secondary N) is 1. The summed E-state index contributed by atoms with van der Waals surface area (Å²) in [6, 6.07) is 17.0. The monoisotopic (exact) mass is 663 g/mol. The van der Waals surface area contributed by atoms with Gasteiger partial charge in [-0.1, -0.05) is 96.9 Å². The summed E-state index contributed by atoms with van der Waals surface area (Å²) in [6.07, 6.45) is 5.33. The maximum Gasteiger partial charge on any atom is 0.264 e. The standard InChI is InChI=1S/C32H36Cl3N3O4S/c1-3-30(32(40)36-24-10-5-4-6-11-24)37(20-23-9-7-8-12-27(23)33)31(39)21-38(25-15-18-28(34)29(35)19-25)43(41,42)26-16-13-22(2)14-17-26/h7-9,12-19,24,30H,3-6,10-11,20-21H2,1-2H3,(H,36,40)/t30-/m1/s1. The predicted octanol–water partition coefficient (Wildman–Crippen LogP) is 7.41. The second-order valence-corrected chi connectivity index (χ2v) is 13.9. The van der Waals surface area contributed by atoms with Gasteiger partial charge in [-0.05, 0) is 68.1 Å².